The van der Waals surface area contributed by atoms with Gasteiger partial charge in [-0.1, -0.05) is 131 Å². The molecule has 0 unspecified atom stereocenters. The third kappa shape index (κ3) is 32.4. The summed E-state index contributed by atoms with van der Waals surface area (Å²) in [5.74, 6) is 1.44. The molecular formula is C75H135N11O4. The number of benzene rings is 3. The van der Waals surface area contributed by atoms with Gasteiger partial charge >= 0.3 is 0 Å². The highest BCUT2D eigenvalue weighted by atomic mass is 16.3. The van der Waals surface area contributed by atoms with Gasteiger partial charge in [0.2, 0.25) is 0 Å². The molecule has 2 aliphatic heterocycles. The lowest BCUT2D eigenvalue weighted by Crippen LogP contribution is -2.44. The third-order valence-electron chi connectivity index (χ3n) is 16.4. The minimum Gasteiger partial charge on any atom is -0.507 e. The number of hydrogen-bond acceptors (Lipinski definition) is 15. The van der Waals surface area contributed by atoms with E-state index in [1.54, 1.807) is 13.0 Å². The molecule has 2 aliphatic rings. The van der Waals surface area contributed by atoms with Crippen LogP contribution in [0.3, 0.4) is 0 Å². The number of allylic oxidation sites excluding steroid dienone is 2. The zero-order valence-corrected chi connectivity index (χ0v) is 62.7. The number of nitrogens with one attached hydrogen (secondary N) is 1. The van der Waals surface area contributed by atoms with Gasteiger partial charge in [-0.25, -0.2) is 0 Å². The summed E-state index contributed by atoms with van der Waals surface area (Å²) < 4.78 is 0. The van der Waals surface area contributed by atoms with E-state index in [4.69, 9.17) is 0 Å². The van der Waals surface area contributed by atoms with Crippen LogP contribution in [-0.2, 0) is 40.7 Å². The topological polar surface area (TPSA) is 131 Å². The number of carbonyl (C=O) groups excluding carboxylic acids is 1. The molecule has 0 aliphatic carbocycles. The molecule has 5 rings (SSSR count). The Hall–Kier alpha value is -4.42. The highest BCUT2D eigenvalue weighted by molar-refractivity contribution is 5.87. The van der Waals surface area contributed by atoms with E-state index in [-0.39, 0.29) is 32.9 Å². The lowest BCUT2D eigenvalue weighted by molar-refractivity contribution is -0.112. The van der Waals surface area contributed by atoms with Crippen molar-refractivity contribution in [2.24, 2.45) is 15.8 Å². The van der Waals surface area contributed by atoms with Crippen molar-refractivity contribution >= 4 is 12.0 Å². The fourth-order valence-corrected chi connectivity index (χ4v) is 11.7. The number of rotatable bonds is 25. The van der Waals surface area contributed by atoms with E-state index in [1.165, 1.54) is 16.7 Å². The second-order valence-electron chi connectivity index (χ2n) is 32.3. The van der Waals surface area contributed by atoms with E-state index >= 15 is 0 Å². The van der Waals surface area contributed by atoms with Crippen molar-refractivity contribution in [3.63, 3.8) is 0 Å². The van der Waals surface area contributed by atoms with Crippen molar-refractivity contribution in [3.8, 4) is 17.2 Å². The minimum absolute atomic E-state index is 0.0283. The van der Waals surface area contributed by atoms with Crippen LogP contribution < -0.4 is 5.32 Å². The average Bonchev–Trinajstić information content (AvgIpc) is 0.821. The Balaban J connectivity index is 0.000000416. The SMILES string of the molecule is CC(=O)C=C(C)NCC(C)(C)CN(C)C.CN(C)CC(C)(C)CN=Cc1cc(C(C)(C)C)cc(C(C)(C)C)c1O.Cc1cc(CN(CCCN(C)C)CCCN(C)C)c(O)c(C(C)(C)C)c1.Cc1cc(CN2CCN(C)CC2)c(O)c(CN2CCN(C)CC2)c1. The lowest BCUT2D eigenvalue weighted by atomic mass is 9.79. The summed E-state index contributed by atoms with van der Waals surface area (Å²) in [6, 6.07) is 12.8. The van der Waals surface area contributed by atoms with E-state index in [0.29, 0.717) is 17.2 Å². The Morgan fingerprint density at radius 1 is 0.533 bits per heavy atom. The van der Waals surface area contributed by atoms with E-state index in [2.05, 4.69) is 265 Å². The summed E-state index contributed by atoms with van der Waals surface area (Å²) in [4.78, 5) is 36.5. The molecular weight excluding hydrogens is 1120 g/mol. The van der Waals surface area contributed by atoms with Crippen LogP contribution in [0, 0.1) is 24.7 Å². The molecule has 3 aromatic carbocycles. The van der Waals surface area contributed by atoms with Crippen LogP contribution in [0.15, 0.2) is 53.2 Å². The summed E-state index contributed by atoms with van der Waals surface area (Å²) in [5, 5.41) is 35.7. The molecule has 514 valence electrons. The van der Waals surface area contributed by atoms with Crippen molar-refractivity contribution < 1.29 is 20.1 Å². The Kier molecular flexibility index (Phi) is 34.0. The lowest BCUT2D eigenvalue weighted by Gasteiger charge is -2.33. The van der Waals surface area contributed by atoms with Crippen molar-refractivity contribution in [2.75, 3.05) is 175 Å². The zero-order chi connectivity index (χ0) is 68.7. The molecule has 90 heavy (non-hydrogen) atoms. The van der Waals surface area contributed by atoms with Crippen LogP contribution in [-0.4, -0.2) is 247 Å². The van der Waals surface area contributed by atoms with Crippen molar-refractivity contribution in [3.05, 3.63) is 98.2 Å². The standard InChI is InChI=1S/C22H41N3O.C22H38N2O.C19H32N4O.C12H24N2O/c1-18-15-19(21(26)20(16-18)22(2,3)4)17-25(13-9-11-23(5)6)14-10-12-24(7)8;1-20(2,3)17-11-16(19(25)18(12-17)21(4,5)6)13-23-14-22(7,8)15-24(9)10;1-16-12-17(14-22-8-4-20(2)5-9-22)19(24)18(13-16)15-23-10-6-21(3)7-11-23;1-10(7-11(2)15)13-8-12(3,4)9-14(5)6/h15-16,26H,9-14,17H2,1-8H3;11-13,25H,14-15H2,1-10H3;12-13,24H,4-11,14-15H2,1-3H3;7,13H,8-9H2,1-6H3. The highest BCUT2D eigenvalue weighted by Gasteiger charge is 2.27. The number of phenols is 3. The van der Waals surface area contributed by atoms with Crippen LogP contribution in [0.4, 0.5) is 0 Å². The predicted molar refractivity (Wildman–Crippen MR) is 387 cm³/mol. The van der Waals surface area contributed by atoms with Crippen molar-refractivity contribution in [1.82, 2.24) is 49.4 Å². The first-order chi connectivity index (χ1) is 41.4. The second kappa shape index (κ2) is 37.5. The molecule has 2 fully saturated rings. The Bertz CT molecular complexity index is 2600. The molecule has 3 aromatic rings. The Labute approximate surface area is 551 Å². The zero-order valence-electron chi connectivity index (χ0n) is 62.7. The number of piperazine rings is 2. The predicted octanol–water partition coefficient (Wildman–Crippen LogP) is 11.5. The van der Waals surface area contributed by atoms with Gasteiger partial charge in [0.25, 0.3) is 0 Å². The number of aliphatic imine (C=N–C) groups is 1. The summed E-state index contributed by atoms with van der Waals surface area (Å²) in [5.41, 5.74) is 10.9. The molecule has 15 nitrogen and oxygen atoms in total. The van der Waals surface area contributed by atoms with E-state index in [9.17, 15) is 20.1 Å². The maximum atomic E-state index is 10.9. The number of likely N-dealkylation sites (N-methyl/N-ethyl adjacent to an activating group) is 2. The number of phenolic OH excluding ortho intramolecular Hbond substituents is 3. The van der Waals surface area contributed by atoms with Gasteiger partial charge in [-0.3, -0.25) is 24.5 Å². The first kappa shape index (κ1) is 81.7. The Morgan fingerprint density at radius 2 is 0.956 bits per heavy atom. The fraction of sp³-hybridized carbons (Fsp3) is 0.707. The number of aryl methyl sites for hydroxylation is 2. The summed E-state index contributed by atoms with van der Waals surface area (Å²) in [6.45, 7) is 55.3. The van der Waals surface area contributed by atoms with Crippen LogP contribution >= 0.6 is 0 Å². The molecule has 2 saturated heterocycles. The minimum atomic E-state index is -0.113. The van der Waals surface area contributed by atoms with Gasteiger partial charge in [0.05, 0.1) is 0 Å². The molecule has 4 N–H and O–H groups in total. The van der Waals surface area contributed by atoms with Gasteiger partial charge in [-0.05, 0) is 188 Å². The molecule has 0 amide bonds. The molecule has 0 spiro atoms. The molecule has 2 heterocycles. The summed E-state index contributed by atoms with van der Waals surface area (Å²) >= 11 is 0. The van der Waals surface area contributed by atoms with E-state index < -0.39 is 0 Å². The first-order valence-electron chi connectivity index (χ1n) is 33.5. The maximum absolute atomic E-state index is 10.9. The van der Waals surface area contributed by atoms with Gasteiger partial charge in [0.15, 0.2) is 5.78 Å². The van der Waals surface area contributed by atoms with Crippen LogP contribution in [0.1, 0.15) is 167 Å². The van der Waals surface area contributed by atoms with Gasteiger partial charge in [-0.2, -0.15) is 0 Å². The Morgan fingerprint density at radius 3 is 1.37 bits per heavy atom. The van der Waals surface area contributed by atoms with Gasteiger partial charge in [0, 0.05) is 138 Å². The third-order valence-corrected chi connectivity index (χ3v) is 16.4. The number of aromatic hydroxyl groups is 3. The number of nitrogens with zero attached hydrogens (tertiary/aromatic N) is 10. The molecule has 0 bridgehead atoms. The average molecular weight is 1250 g/mol. The number of ketones is 1. The normalized spacial score (nSPS) is 15.6. The van der Waals surface area contributed by atoms with E-state index in [0.717, 1.165) is 176 Å². The van der Waals surface area contributed by atoms with E-state index in [1.807, 2.05) is 13.1 Å². The van der Waals surface area contributed by atoms with Crippen LogP contribution in [0.2, 0.25) is 0 Å². The largest absolute Gasteiger partial charge is 0.507 e. The smallest absolute Gasteiger partial charge is 0.154 e. The van der Waals surface area contributed by atoms with Gasteiger partial charge < -0.3 is 50.0 Å². The summed E-state index contributed by atoms with van der Waals surface area (Å²) in [7, 11) is 21.2. The quantitative estimate of drug-likeness (QED) is 0.0474. The monoisotopic (exact) mass is 1250 g/mol. The van der Waals surface area contributed by atoms with Gasteiger partial charge in [0.1, 0.15) is 17.2 Å². The summed E-state index contributed by atoms with van der Waals surface area (Å²) in [6.07, 6.45) is 5.77. The van der Waals surface area contributed by atoms with Crippen molar-refractivity contribution in [1.29, 1.82) is 0 Å². The first-order valence-corrected chi connectivity index (χ1v) is 33.5. The molecule has 0 saturated carbocycles. The van der Waals surface area contributed by atoms with Crippen molar-refractivity contribution in [2.45, 2.75) is 166 Å². The maximum Gasteiger partial charge on any atom is 0.154 e. The highest BCUT2D eigenvalue weighted by Crippen LogP contribution is 2.38. The van der Waals surface area contributed by atoms with Crippen LogP contribution in [0.25, 0.3) is 0 Å². The number of hydrogen-bond donors (Lipinski definition) is 4. The molecule has 0 radical (unpaired) electrons. The van der Waals surface area contributed by atoms with Gasteiger partial charge in [-0.15, -0.1) is 0 Å². The second-order valence-corrected chi connectivity index (χ2v) is 32.3. The molecule has 15 heteroatoms. The molecule has 0 atom stereocenters. The van der Waals surface area contributed by atoms with Crippen LogP contribution in [0.5, 0.6) is 17.2 Å². The fourth-order valence-electron chi connectivity index (χ4n) is 11.7. The molecule has 0 aromatic heterocycles. The number of carbonyl (C=O) groups is 1.